The number of rotatable bonds is 8. The van der Waals surface area contributed by atoms with Gasteiger partial charge in [0.1, 0.15) is 10.9 Å². The third-order valence-electron chi connectivity index (χ3n) is 2.86. The highest BCUT2D eigenvalue weighted by Gasteiger charge is 2.30. The molecular weight excluding hydrogens is 254 g/mol. The molecule has 0 aromatic heterocycles. The lowest BCUT2D eigenvalue weighted by Gasteiger charge is -2.26. The zero-order valence-corrected chi connectivity index (χ0v) is 13.1. The van der Waals surface area contributed by atoms with Crippen LogP contribution < -0.4 is 0 Å². The third-order valence-corrected chi connectivity index (χ3v) is 4.07. The summed E-state index contributed by atoms with van der Waals surface area (Å²) >= 11 is 1.51. The maximum atomic E-state index is 5.51. The van der Waals surface area contributed by atoms with Crippen molar-refractivity contribution < 1.29 is 4.74 Å². The fourth-order valence-corrected chi connectivity index (χ4v) is 2.12. The van der Waals surface area contributed by atoms with Gasteiger partial charge in [-0.15, -0.1) is 24.6 Å². The Labute approximate surface area is 122 Å². The minimum Gasteiger partial charge on any atom is -0.364 e. The maximum absolute atomic E-state index is 5.51. The van der Waals surface area contributed by atoms with Crippen LogP contribution in [0.4, 0.5) is 0 Å². The molecule has 2 atom stereocenters. The number of terminal acetylenes is 2. The molecule has 0 aliphatic heterocycles. The molecule has 0 N–H and O–H groups in total. The van der Waals surface area contributed by atoms with E-state index in [0.29, 0.717) is 0 Å². The molecule has 0 heterocycles. The molecule has 0 aliphatic rings. The Morgan fingerprint density at radius 1 is 1.53 bits per heavy atom. The summed E-state index contributed by atoms with van der Waals surface area (Å²) in [6.45, 7) is 6.79. The predicted octanol–water partition coefficient (Wildman–Crippen LogP) is 3.53. The van der Waals surface area contributed by atoms with E-state index >= 15 is 0 Å². The Hall–Kier alpha value is -1.16. The fourth-order valence-electron chi connectivity index (χ4n) is 1.21. The van der Waals surface area contributed by atoms with Crippen LogP contribution >= 0.6 is 11.8 Å². The Kier molecular flexibility index (Phi) is 9.13. The van der Waals surface area contributed by atoms with E-state index in [1.165, 1.54) is 17.5 Å². The van der Waals surface area contributed by atoms with E-state index in [2.05, 4.69) is 29.8 Å². The van der Waals surface area contributed by atoms with Gasteiger partial charge in [-0.05, 0) is 32.1 Å². The molecule has 0 rings (SSSR count). The van der Waals surface area contributed by atoms with Gasteiger partial charge in [0.25, 0.3) is 0 Å². The molecule has 0 saturated carbocycles. The van der Waals surface area contributed by atoms with Crippen LogP contribution in [0.5, 0.6) is 0 Å². The second kappa shape index (κ2) is 9.73. The molecule has 3 heteroatoms. The van der Waals surface area contributed by atoms with Crippen molar-refractivity contribution in [1.82, 2.24) is 0 Å². The van der Waals surface area contributed by atoms with Crippen LogP contribution in [-0.4, -0.2) is 30.2 Å². The molecule has 0 fully saturated rings. The van der Waals surface area contributed by atoms with Gasteiger partial charge < -0.3 is 4.74 Å². The second-order valence-electron chi connectivity index (χ2n) is 4.27. The summed E-state index contributed by atoms with van der Waals surface area (Å²) < 4.78 is 5.31. The smallest absolute Gasteiger partial charge is 0.148 e. The number of hydrogen-bond acceptors (Lipinski definition) is 3. The van der Waals surface area contributed by atoms with Gasteiger partial charge in [-0.1, -0.05) is 24.8 Å². The highest BCUT2D eigenvalue weighted by Crippen LogP contribution is 2.26. The molecule has 0 saturated heterocycles. The van der Waals surface area contributed by atoms with E-state index in [1.54, 1.807) is 7.11 Å². The van der Waals surface area contributed by atoms with Crippen LogP contribution in [0.25, 0.3) is 0 Å². The summed E-state index contributed by atoms with van der Waals surface area (Å²) in [6.07, 6.45) is 14.9. The van der Waals surface area contributed by atoms with Gasteiger partial charge in [-0.3, -0.25) is 4.99 Å². The van der Waals surface area contributed by atoms with Crippen molar-refractivity contribution in [1.29, 1.82) is 0 Å². The number of thioether (sulfide) groups is 1. The molecule has 2 unspecified atom stereocenters. The van der Waals surface area contributed by atoms with Crippen LogP contribution in [0.2, 0.25) is 0 Å². The largest absolute Gasteiger partial charge is 0.364 e. The maximum Gasteiger partial charge on any atom is 0.148 e. The number of hydrogen-bond donors (Lipinski definition) is 0. The van der Waals surface area contributed by atoms with Gasteiger partial charge in [-0.25, -0.2) is 0 Å². The van der Waals surface area contributed by atoms with Gasteiger partial charge in [0.2, 0.25) is 0 Å². The zero-order chi connectivity index (χ0) is 14.7. The number of ether oxygens (including phenoxy) is 1. The molecule has 0 amide bonds. The Morgan fingerprint density at radius 3 is 2.68 bits per heavy atom. The molecule has 0 aliphatic carbocycles. The molecular formula is C16H23NOS. The first-order valence-electron chi connectivity index (χ1n) is 6.33. The second-order valence-corrected chi connectivity index (χ2v) is 5.29. The van der Waals surface area contributed by atoms with Gasteiger partial charge >= 0.3 is 0 Å². The van der Waals surface area contributed by atoms with Crippen molar-refractivity contribution in [3.05, 3.63) is 11.5 Å². The van der Waals surface area contributed by atoms with Gasteiger partial charge in [0, 0.05) is 19.4 Å². The van der Waals surface area contributed by atoms with E-state index in [0.717, 1.165) is 19.4 Å². The molecule has 2 nitrogen and oxygen atoms in total. The molecule has 0 aromatic rings. The summed E-state index contributed by atoms with van der Waals surface area (Å²) in [5, 5.41) is 1.79. The summed E-state index contributed by atoms with van der Waals surface area (Å²) in [4.78, 5) is 4.42. The number of methoxy groups -OCH3 is 1. The minimum absolute atomic E-state index is 0.195. The molecule has 0 spiro atoms. The SMILES string of the molecule is C#CC(S/C=C\CC/N=C(\C)CC)C(C)(C#C)OC. The average molecular weight is 277 g/mol. The Balaban J connectivity index is 4.24. The lowest BCUT2D eigenvalue weighted by molar-refractivity contribution is 0.0665. The van der Waals surface area contributed by atoms with E-state index in [1.807, 2.05) is 19.3 Å². The third kappa shape index (κ3) is 6.53. The van der Waals surface area contributed by atoms with E-state index < -0.39 is 5.60 Å². The normalized spacial score (nSPS) is 16.6. The van der Waals surface area contributed by atoms with Crippen molar-refractivity contribution in [2.75, 3.05) is 13.7 Å². The van der Waals surface area contributed by atoms with E-state index in [-0.39, 0.29) is 5.25 Å². The quantitative estimate of drug-likeness (QED) is 0.384. The molecule has 0 aromatic carbocycles. The first-order chi connectivity index (χ1) is 9.03. The predicted molar refractivity (Wildman–Crippen MR) is 86.5 cm³/mol. The van der Waals surface area contributed by atoms with Gasteiger partial charge in [0.15, 0.2) is 0 Å². The monoisotopic (exact) mass is 277 g/mol. The molecule has 0 bridgehead atoms. The molecule has 104 valence electrons. The Bertz CT molecular complexity index is 400. The van der Waals surface area contributed by atoms with Crippen LogP contribution in [0.3, 0.4) is 0 Å². The van der Waals surface area contributed by atoms with Crippen molar-refractivity contribution in [2.45, 2.75) is 44.5 Å². The fraction of sp³-hybridized carbons (Fsp3) is 0.562. The van der Waals surface area contributed by atoms with Crippen LogP contribution in [0, 0.1) is 24.7 Å². The van der Waals surface area contributed by atoms with E-state index in [9.17, 15) is 0 Å². The topological polar surface area (TPSA) is 21.6 Å². The average Bonchev–Trinajstić information content (AvgIpc) is 2.45. The van der Waals surface area contributed by atoms with Gasteiger partial charge in [0.05, 0.1) is 0 Å². The highest BCUT2D eigenvalue weighted by atomic mass is 32.2. The number of aliphatic imine (C=N–C) groups is 1. The minimum atomic E-state index is -0.735. The van der Waals surface area contributed by atoms with Gasteiger partial charge in [-0.2, -0.15) is 0 Å². The lowest BCUT2D eigenvalue weighted by atomic mass is 10.0. The first-order valence-corrected chi connectivity index (χ1v) is 7.27. The van der Waals surface area contributed by atoms with Crippen molar-refractivity contribution >= 4 is 17.5 Å². The standard InChI is InChI=1S/C16H23NOS/c1-7-14(4)17-12-10-11-13-19-15(8-2)16(5,9-3)18-6/h2-3,11,13,15H,7,10,12H2,1,4-6H3/b13-11-,17-14+. The molecule has 0 radical (unpaired) electrons. The van der Waals surface area contributed by atoms with Crippen LogP contribution in [0.1, 0.15) is 33.6 Å². The van der Waals surface area contributed by atoms with Crippen LogP contribution in [0.15, 0.2) is 16.5 Å². The highest BCUT2D eigenvalue weighted by molar-refractivity contribution is 8.03. The van der Waals surface area contributed by atoms with Crippen molar-refractivity contribution in [2.24, 2.45) is 4.99 Å². The van der Waals surface area contributed by atoms with Crippen molar-refractivity contribution in [3.63, 3.8) is 0 Å². The first kappa shape index (κ1) is 17.8. The van der Waals surface area contributed by atoms with E-state index in [4.69, 9.17) is 17.6 Å². The zero-order valence-electron chi connectivity index (χ0n) is 12.3. The van der Waals surface area contributed by atoms with Crippen molar-refractivity contribution in [3.8, 4) is 24.7 Å². The molecule has 19 heavy (non-hydrogen) atoms. The Morgan fingerprint density at radius 2 is 2.21 bits per heavy atom. The lowest BCUT2D eigenvalue weighted by Crippen LogP contribution is -2.36. The summed E-state index contributed by atoms with van der Waals surface area (Å²) in [5.41, 5.74) is 0.447. The summed E-state index contributed by atoms with van der Waals surface area (Å²) in [6, 6.07) is 0. The summed E-state index contributed by atoms with van der Waals surface area (Å²) in [7, 11) is 1.58. The number of nitrogens with zero attached hydrogens (tertiary/aromatic N) is 1. The van der Waals surface area contributed by atoms with Crippen LogP contribution in [-0.2, 0) is 4.74 Å². The summed E-state index contributed by atoms with van der Waals surface area (Å²) in [5.74, 6) is 5.29.